The molecule has 0 aromatic carbocycles. The molecule has 1 aliphatic rings. The summed E-state index contributed by atoms with van der Waals surface area (Å²) in [5, 5.41) is 0. The van der Waals surface area contributed by atoms with Gasteiger partial charge in [-0.1, -0.05) is 0 Å². The van der Waals surface area contributed by atoms with Crippen molar-refractivity contribution in [2.24, 2.45) is 0 Å². The average molecular weight is 423 g/mol. The molecule has 0 radical (unpaired) electrons. The second-order valence-corrected chi connectivity index (χ2v) is 9.47. The predicted molar refractivity (Wildman–Crippen MR) is 120 cm³/mol. The molecule has 0 bridgehead atoms. The van der Waals surface area contributed by atoms with Crippen LogP contribution in [0.2, 0.25) is 0 Å². The standard InChI is InChI=1S/C24H30N4O3/c1-23(2,3)30-20-11-13-25-19(28-20)15-17-9-7-8-16(21(17)29)14-18-10-12-26-22(27-18)31-24(4,5)6/h10-15H,7-9H2,1-6H3/b16-14+,17-15+. The number of Topliss-reactive ketones (excluding diaryl/α,β-unsaturated/α-hetero) is 1. The van der Waals surface area contributed by atoms with Crippen molar-refractivity contribution in [1.29, 1.82) is 0 Å². The first-order valence-electron chi connectivity index (χ1n) is 10.5. The summed E-state index contributed by atoms with van der Waals surface area (Å²) in [6, 6.07) is 3.78. The molecule has 0 N–H and O–H groups in total. The van der Waals surface area contributed by atoms with E-state index in [-0.39, 0.29) is 11.4 Å². The number of carbonyl (C=O) groups is 1. The Morgan fingerprint density at radius 2 is 1.48 bits per heavy atom. The Hall–Kier alpha value is -3.09. The van der Waals surface area contributed by atoms with Crippen molar-refractivity contribution in [3.8, 4) is 11.9 Å². The van der Waals surface area contributed by atoms with Gasteiger partial charge in [0.25, 0.3) is 0 Å². The van der Waals surface area contributed by atoms with Crippen molar-refractivity contribution in [3.05, 3.63) is 47.2 Å². The molecular weight excluding hydrogens is 392 g/mol. The first-order chi connectivity index (χ1) is 14.5. The smallest absolute Gasteiger partial charge is 0.317 e. The van der Waals surface area contributed by atoms with Crippen LogP contribution in [0.15, 0.2) is 35.7 Å². The van der Waals surface area contributed by atoms with Crippen LogP contribution < -0.4 is 9.47 Å². The lowest BCUT2D eigenvalue weighted by Crippen LogP contribution is -2.24. The van der Waals surface area contributed by atoms with Crippen LogP contribution in [0.25, 0.3) is 12.2 Å². The third kappa shape index (κ3) is 6.98. The van der Waals surface area contributed by atoms with Gasteiger partial charge in [0.05, 0.1) is 5.69 Å². The number of nitrogens with zero attached hydrogens (tertiary/aromatic N) is 4. The summed E-state index contributed by atoms with van der Waals surface area (Å²) in [6.07, 6.45) is 9.10. The summed E-state index contributed by atoms with van der Waals surface area (Å²) < 4.78 is 11.5. The molecule has 2 aromatic rings. The van der Waals surface area contributed by atoms with E-state index < -0.39 is 5.60 Å². The van der Waals surface area contributed by atoms with Crippen molar-refractivity contribution in [2.75, 3.05) is 0 Å². The molecule has 7 nitrogen and oxygen atoms in total. The molecule has 0 amide bonds. The number of ketones is 1. The monoisotopic (exact) mass is 422 g/mol. The topological polar surface area (TPSA) is 87.1 Å². The molecule has 0 spiro atoms. The lowest BCUT2D eigenvalue weighted by Gasteiger charge is -2.20. The summed E-state index contributed by atoms with van der Waals surface area (Å²) in [5.74, 6) is 0.948. The highest BCUT2D eigenvalue weighted by atomic mass is 16.5. The third-order valence-electron chi connectivity index (χ3n) is 4.21. The van der Waals surface area contributed by atoms with Crippen LogP contribution in [0, 0.1) is 0 Å². The van der Waals surface area contributed by atoms with Crippen LogP contribution in [-0.2, 0) is 4.79 Å². The van der Waals surface area contributed by atoms with Gasteiger partial charge in [0.15, 0.2) is 11.6 Å². The fourth-order valence-corrected chi connectivity index (χ4v) is 3.07. The van der Waals surface area contributed by atoms with E-state index in [2.05, 4.69) is 19.9 Å². The molecule has 31 heavy (non-hydrogen) atoms. The molecule has 0 aliphatic heterocycles. The van der Waals surface area contributed by atoms with E-state index in [1.807, 2.05) is 47.6 Å². The Bertz CT molecular complexity index is 934. The third-order valence-corrected chi connectivity index (χ3v) is 4.21. The highest BCUT2D eigenvalue weighted by Gasteiger charge is 2.22. The normalized spacial score (nSPS) is 17.8. The van der Waals surface area contributed by atoms with Crippen LogP contribution >= 0.6 is 0 Å². The maximum absolute atomic E-state index is 13.1. The zero-order valence-electron chi connectivity index (χ0n) is 19.1. The van der Waals surface area contributed by atoms with Gasteiger partial charge in [0.2, 0.25) is 5.88 Å². The van der Waals surface area contributed by atoms with Gasteiger partial charge in [-0.25, -0.2) is 9.97 Å². The highest BCUT2D eigenvalue weighted by Crippen LogP contribution is 2.28. The largest absolute Gasteiger partial charge is 0.472 e. The molecule has 2 aromatic heterocycles. The molecule has 7 heteroatoms. The van der Waals surface area contributed by atoms with Gasteiger partial charge in [-0.3, -0.25) is 4.79 Å². The van der Waals surface area contributed by atoms with E-state index in [0.717, 1.165) is 6.42 Å². The van der Waals surface area contributed by atoms with E-state index >= 15 is 0 Å². The van der Waals surface area contributed by atoms with Crippen LogP contribution in [-0.4, -0.2) is 36.9 Å². The number of hydrogen-bond acceptors (Lipinski definition) is 7. The Kier molecular flexibility index (Phi) is 6.53. The van der Waals surface area contributed by atoms with E-state index in [1.54, 1.807) is 30.6 Å². The summed E-state index contributed by atoms with van der Waals surface area (Å²) in [7, 11) is 0. The summed E-state index contributed by atoms with van der Waals surface area (Å²) in [6.45, 7) is 11.7. The maximum Gasteiger partial charge on any atom is 0.317 e. The first kappa shape index (κ1) is 22.6. The van der Waals surface area contributed by atoms with Gasteiger partial charge in [0, 0.05) is 29.6 Å². The van der Waals surface area contributed by atoms with E-state index in [1.165, 1.54) is 0 Å². The highest BCUT2D eigenvalue weighted by molar-refractivity contribution is 6.13. The van der Waals surface area contributed by atoms with Crippen LogP contribution in [0.4, 0.5) is 0 Å². The minimum absolute atomic E-state index is 0.00565. The Morgan fingerprint density at radius 3 is 2.16 bits per heavy atom. The van der Waals surface area contributed by atoms with Gasteiger partial charge in [-0.2, -0.15) is 9.97 Å². The summed E-state index contributed by atoms with van der Waals surface area (Å²) in [4.78, 5) is 30.3. The van der Waals surface area contributed by atoms with Crippen molar-refractivity contribution in [1.82, 2.24) is 19.9 Å². The molecule has 164 valence electrons. The molecule has 0 atom stereocenters. The summed E-state index contributed by atoms with van der Waals surface area (Å²) in [5.41, 5.74) is 1.29. The summed E-state index contributed by atoms with van der Waals surface area (Å²) >= 11 is 0. The molecule has 1 aliphatic carbocycles. The van der Waals surface area contributed by atoms with Crippen molar-refractivity contribution >= 4 is 17.9 Å². The zero-order valence-corrected chi connectivity index (χ0v) is 19.1. The lowest BCUT2D eigenvalue weighted by atomic mass is 9.88. The number of allylic oxidation sites excluding steroid dienone is 2. The Balaban J connectivity index is 1.82. The van der Waals surface area contributed by atoms with Gasteiger partial charge >= 0.3 is 6.01 Å². The Morgan fingerprint density at radius 1 is 0.839 bits per heavy atom. The van der Waals surface area contributed by atoms with Gasteiger partial charge in [-0.15, -0.1) is 0 Å². The number of ether oxygens (including phenoxy) is 2. The fraction of sp³-hybridized carbons (Fsp3) is 0.458. The van der Waals surface area contributed by atoms with Gasteiger partial charge in [0.1, 0.15) is 11.2 Å². The second-order valence-electron chi connectivity index (χ2n) is 9.47. The van der Waals surface area contributed by atoms with Crippen LogP contribution in [0.5, 0.6) is 11.9 Å². The average Bonchev–Trinajstić information content (AvgIpc) is 2.63. The van der Waals surface area contributed by atoms with Gasteiger partial charge < -0.3 is 9.47 Å². The van der Waals surface area contributed by atoms with Gasteiger partial charge in [-0.05, 0) is 79.0 Å². The SMILES string of the molecule is CC(C)(C)Oc1ccnc(/C=C2\CCC/C(=C\c3ccnc(OC(C)(C)C)n3)C2=O)n1. The lowest BCUT2D eigenvalue weighted by molar-refractivity contribution is -0.112. The quantitative estimate of drug-likeness (QED) is 0.651. The van der Waals surface area contributed by atoms with Crippen molar-refractivity contribution in [2.45, 2.75) is 72.0 Å². The van der Waals surface area contributed by atoms with Crippen molar-refractivity contribution in [3.63, 3.8) is 0 Å². The number of hydrogen-bond donors (Lipinski definition) is 0. The van der Waals surface area contributed by atoms with E-state index in [0.29, 0.717) is 47.4 Å². The molecule has 2 heterocycles. The fourth-order valence-electron chi connectivity index (χ4n) is 3.07. The Labute approximate surface area is 183 Å². The van der Waals surface area contributed by atoms with Crippen LogP contribution in [0.3, 0.4) is 0 Å². The predicted octanol–water partition coefficient (Wildman–Crippen LogP) is 4.84. The second kappa shape index (κ2) is 8.96. The van der Waals surface area contributed by atoms with E-state index in [4.69, 9.17) is 9.47 Å². The number of carbonyl (C=O) groups excluding carboxylic acids is 1. The van der Waals surface area contributed by atoms with E-state index in [9.17, 15) is 4.79 Å². The molecule has 0 saturated heterocycles. The molecule has 1 saturated carbocycles. The van der Waals surface area contributed by atoms with Crippen LogP contribution in [0.1, 0.15) is 72.3 Å². The molecule has 1 fully saturated rings. The minimum Gasteiger partial charge on any atom is -0.472 e. The number of rotatable bonds is 4. The molecule has 3 rings (SSSR count). The minimum atomic E-state index is -0.395. The maximum atomic E-state index is 13.1. The molecular formula is C24H30N4O3. The zero-order chi connectivity index (χ0) is 22.6. The number of aromatic nitrogens is 4. The molecule has 0 unspecified atom stereocenters. The van der Waals surface area contributed by atoms with Crippen molar-refractivity contribution < 1.29 is 14.3 Å². The first-order valence-corrected chi connectivity index (χ1v) is 10.5.